The molecule has 7 N–H and O–H groups in total. The molecule has 0 amide bonds. The summed E-state index contributed by atoms with van der Waals surface area (Å²) < 4.78 is 20.4. The minimum absolute atomic E-state index is 0.175. The Hall–Kier alpha value is -0.280. The second-order valence-electron chi connectivity index (χ2n) is 18.3. The molecule has 3 aliphatic rings. The van der Waals surface area contributed by atoms with Crippen molar-refractivity contribution >= 4 is 0 Å². The van der Waals surface area contributed by atoms with Crippen LogP contribution in [0.2, 0.25) is 0 Å². The lowest BCUT2D eigenvalue weighted by atomic mass is 9.52. The largest absolute Gasteiger partial charge is 0.378 e. The summed E-state index contributed by atoms with van der Waals surface area (Å²) >= 11 is 0. The van der Waals surface area contributed by atoms with Gasteiger partial charge in [0.05, 0.1) is 18.3 Å². The highest BCUT2D eigenvalue weighted by Crippen LogP contribution is 2.64. The van der Waals surface area contributed by atoms with Gasteiger partial charge in [-0.1, -0.05) is 98.3 Å². The van der Waals surface area contributed by atoms with Crippen molar-refractivity contribution in [2.24, 2.45) is 58.1 Å². The highest BCUT2D eigenvalue weighted by molar-refractivity contribution is 5.09. The Balaban J connectivity index is 1.59. The Labute approximate surface area is 329 Å². The van der Waals surface area contributed by atoms with E-state index in [1.165, 1.54) is 116 Å². The van der Waals surface area contributed by atoms with Gasteiger partial charge in [0, 0.05) is 25.2 Å². The van der Waals surface area contributed by atoms with Crippen molar-refractivity contribution in [2.75, 3.05) is 52.5 Å². The number of unbranched alkanes of at least 4 members (excludes halogenated alkanes) is 10. The van der Waals surface area contributed by atoms with Gasteiger partial charge in [0.15, 0.2) is 0 Å². The SMILES string of the molecule is CCCCCCCCCCCCCNCCCC(C)C1CCC2C3C(CCCC(OCCCN)CC(C)CC3OCCCN)CC(OCCCN)C12C. The number of hydrogen-bond acceptors (Lipinski definition) is 7. The van der Waals surface area contributed by atoms with E-state index in [0.29, 0.717) is 67.3 Å². The zero-order chi connectivity index (χ0) is 38.2. The van der Waals surface area contributed by atoms with Gasteiger partial charge in [0.2, 0.25) is 0 Å². The standard InChI is InChI=1S/C46H92N4O3/c1-5-6-7-8-9-10-11-12-13-14-15-29-50-30-17-21-38(3)41-24-25-42-45-39(36-44(46(41,42)4)53-33-20-28-49)22-16-23-40(51-31-18-26-47)34-37(2)35-43(45)52-32-19-27-48/h37-45,50H,5-36,47-49H2,1-4H3. The third-order valence-electron chi connectivity index (χ3n) is 14.1. The van der Waals surface area contributed by atoms with E-state index in [2.05, 4.69) is 33.0 Å². The highest BCUT2D eigenvalue weighted by atomic mass is 16.5. The van der Waals surface area contributed by atoms with E-state index in [-0.39, 0.29) is 11.5 Å². The summed E-state index contributed by atoms with van der Waals surface area (Å²) in [7, 11) is 0. The predicted molar refractivity (Wildman–Crippen MR) is 226 cm³/mol. The van der Waals surface area contributed by atoms with Crippen LogP contribution in [0.1, 0.15) is 182 Å². The van der Waals surface area contributed by atoms with E-state index in [0.717, 1.165) is 71.3 Å². The fourth-order valence-corrected chi connectivity index (χ4v) is 11.3. The smallest absolute Gasteiger partial charge is 0.0636 e. The number of ether oxygens (including phenoxy) is 3. The summed E-state index contributed by atoms with van der Waals surface area (Å²) in [4.78, 5) is 0. The van der Waals surface area contributed by atoms with Crippen LogP contribution in [0.5, 0.6) is 0 Å². The second-order valence-corrected chi connectivity index (χ2v) is 18.3. The molecule has 0 saturated heterocycles. The van der Waals surface area contributed by atoms with Gasteiger partial charge in [-0.25, -0.2) is 0 Å². The maximum atomic E-state index is 6.98. The van der Waals surface area contributed by atoms with Crippen molar-refractivity contribution < 1.29 is 14.2 Å². The fourth-order valence-electron chi connectivity index (χ4n) is 11.3. The Morgan fingerprint density at radius 3 is 1.92 bits per heavy atom. The lowest BCUT2D eigenvalue weighted by Gasteiger charge is -2.56. The molecule has 0 radical (unpaired) electrons. The third kappa shape index (κ3) is 16.2. The van der Waals surface area contributed by atoms with E-state index in [4.69, 9.17) is 31.4 Å². The van der Waals surface area contributed by atoms with Gasteiger partial charge in [-0.05, 0) is 152 Å². The quantitative estimate of drug-likeness (QED) is 0.0563. The van der Waals surface area contributed by atoms with E-state index < -0.39 is 0 Å². The van der Waals surface area contributed by atoms with Crippen LogP contribution < -0.4 is 22.5 Å². The topological polar surface area (TPSA) is 118 Å². The molecule has 3 saturated carbocycles. The molecule has 53 heavy (non-hydrogen) atoms. The summed E-state index contributed by atoms with van der Waals surface area (Å²) in [5.41, 5.74) is 18.0. The van der Waals surface area contributed by atoms with Gasteiger partial charge < -0.3 is 36.7 Å². The van der Waals surface area contributed by atoms with Crippen LogP contribution in [0, 0.1) is 40.9 Å². The predicted octanol–water partition coefficient (Wildman–Crippen LogP) is 9.77. The molecule has 0 aromatic carbocycles. The molecule has 0 heterocycles. The van der Waals surface area contributed by atoms with Crippen LogP contribution in [-0.4, -0.2) is 70.9 Å². The van der Waals surface area contributed by atoms with Crippen molar-refractivity contribution in [3.63, 3.8) is 0 Å². The Kier molecular flexibility index (Phi) is 25.0. The van der Waals surface area contributed by atoms with Crippen molar-refractivity contribution in [3.8, 4) is 0 Å². The normalized spacial score (nSPS) is 31.3. The molecular formula is C46H92N4O3. The molecule has 0 bridgehead atoms. The zero-order valence-electron chi connectivity index (χ0n) is 35.8. The van der Waals surface area contributed by atoms with Crippen molar-refractivity contribution in [2.45, 2.75) is 200 Å². The number of nitrogens with one attached hydrogen (secondary N) is 1. The van der Waals surface area contributed by atoms with Crippen LogP contribution in [-0.2, 0) is 14.2 Å². The van der Waals surface area contributed by atoms with Gasteiger partial charge in [0.1, 0.15) is 0 Å². The molecule has 314 valence electrons. The highest BCUT2D eigenvalue weighted by Gasteiger charge is 2.61. The molecule has 3 fully saturated rings. The maximum absolute atomic E-state index is 6.98. The number of fused-ring (bicyclic) bond motifs is 3. The minimum atomic E-state index is 0.175. The van der Waals surface area contributed by atoms with Crippen LogP contribution in [0.4, 0.5) is 0 Å². The summed E-state index contributed by atoms with van der Waals surface area (Å²) in [6, 6.07) is 0. The summed E-state index contributed by atoms with van der Waals surface area (Å²) in [6.45, 7) is 16.7. The maximum Gasteiger partial charge on any atom is 0.0636 e. The molecule has 3 rings (SSSR count). The van der Waals surface area contributed by atoms with E-state index in [1.807, 2.05) is 0 Å². The summed E-state index contributed by atoms with van der Waals surface area (Å²) in [6.07, 6.45) is 31.5. The number of rotatable bonds is 29. The molecule has 0 spiro atoms. The zero-order valence-corrected chi connectivity index (χ0v) is 35.8. The molecular weight excluding hydrogens is 657 g/mol. The van der Waals surface area contributed by atoms with E-state index >= 15 is 0 Å². The Bertz CT molecular complexity index is 880. The lowest BCUT2D eigenvalue weighted by Crippen LogP contribution is -2.56. The van der Waals surface area contributed by atoms with Crippen molar-refractivity contribution in [1.29, 1.82) is 0 Å². The van der Waals surface area contributed by atoms with Gasteiger partial charge in [-0.3, -0.25) is 0 Å². The molecule has 7 nitrogen and oxygen atoms in total. The van der Waals surface area contributed by atoms with Gasteiger partial charge in [-0.15, -0.1) is 0 Å². The minimum Gasteiger partial charge on any atom is -0.378 e. The fraction of sp³-hybridized carbons (Fsp3) is 1.00. The van der Waals surface area contributed by atoms with Gasteiger partial charge in [-0.2, -0.15) is 0 Å². The number of nitrogens with two attached hydrogens (primary N) is 3. The van der Waals surface area contributed by atoms with E-state index in [1.54, 1.807) is 0 Å². The summed E-state index contributed by atoms with van der Waals surface area (Å²) in [5, 5.41) is 3.81. The van der Waals surface area contributed by atoms with Crippen LogP contribution in [0.25, 0.3) is 0 Å². The van der Waals surface area contributed by atoms with Crippen LogP contribution in [0.15, 0.2) is 0 Å². The first-order chi connectivity index (χ1) is 25.9. The molecule has 10 unspecified atom stereocenters. The van der Waals surface area contributed by atoms with Crippen molar-refractivity contribution in [1.82, 2.24) is 5.32 Å². The summed E-state index contributed by atoms with van der Waals surface area (Å²) in [5.74, 6) is 3.82. The Morgan fingerprint density at radius 1 is 0.660 bits per heavy atom. The average Bonchev–Trinajstić information content (AvgIpc) is 3.50. The molecule has 0 aromatic heterocycles. The second kappa shape index (κ2) is 28.2. The van der Waals surface area contributed by atoms with Crippen LogP contribution >= 0.6 is 0 Å². The number of hydrogen-bond donors (Lipinski definition) is 4. The Morgan fingerprint density at radius 2 is 1.26 bits per heavy atom. The average molecular weight is 749 g/mol. The third-order valence-corrected chi connectivity index (χ3v) is 14.1. The monoisotopic (exact) mass is 749 g/mol. The molecule has 0 aliphatic heterocycles. The van der Waals surface area contributed by atoms with Gasteiger partial charge in [0.25, 0.3) is 0 Å². The molecule has 10 atom stereocenters. The molecule has 7 heteroatoms. The van der Waals surface area contributed by atoms with Crippen LogP contribution in [0.3, 0.4) is 0 Å². The van der Waals surface area contributed by atoms with E-state index in [9.17, 15) is 0 Å². The first-order valence-corrected chi connectivity index (χ1v) is 23.6. The molecule has 3 aliphatic carbocycles. The van der Waals surface area contributed by atoms with Gasteiger partial charge >= 0.3 is 0 Å². The molecule has 0 aromatic rings. The lowest BCUT2D eigenvalue weighted by molar-refractivity contribution is -0.171. The van der Waals surface area contributed by atoms with Crippen molar-refractivity contribution in [3.05, 3.63) is 0 Å². The first kappa shape index (κ1) is 47.1. The first-order valence-electron chi connectivity index (χ1n) is 23.6.